The number of ether oxygens (including phenoxy) is 1. The van der Waals surface area contributed by atoms with E-state index in [0.29, 0.717) is 24.1 Å². The molecule has 2 heterocycles. The molecule has 0 bridgehead atoms. The Labute approximate surface area is 141 Å². The minimum absolute atomic E-state index is 0.271. The van der Waals surface area contributed by atoms with Crippen molar-refractivity contribution in [3.8, 4) is 5.88 Å². The largest absolute Gasteiger partial charge is 0.481 e. The minimum atomic E-state index is -1.12. The van der Waals surface area contributed by atoms with Crippen molar-refractivity contribution in [2.45, 2.75) is 26.0 Å². The Morgan fingerprint density at radius 1 is 1.38 bits per heavy atom. The molecule has 0 aliphatic rings. The number of hydrogen-bond donors (Lipinski definition) is 3. The van der Waals surface area contributed by atoms with Crippen LogP contribution in [0.1, 0.15) is 25.2 Å². The van der Waals surface area contributed by atoms with E-state index < -0.39 is 5.60 Å². The molecule has 7 heteroatoms. The zero-order valence-corrected chi connectivity index (χ0v) is 14.2. The molecule has 1 unspecified atom stereocenters. The van der Waals surface area contributed by atoms with Gasteiger partial charge in [0.1, 0.15) is 11.4 Å². The molecule has 3 N–H and O–H groups in total. The summed E-state index contributed by atoms with van der Waals surface area (Å²) < 4.78 is 10.3. The highest BCUT2D eigenvalue weighted by atomic mass is 16.5. The molecule has 0 spiro atoms. The number of methoxy groups -OCH3 is 1. The number of aromatic nitrogens is 1. The van der Waals surface area contributed by atoms with Crippen LogP contribution in [0.4, 0.5) is 0 Å². The molecule has 0 radical (unpaired) electrons. The number of aliphatic hydroxyl groups is 1. The number of nitrogens with one attached hydrogen (secondary N) is 2. The van der Waals surface area contributed by atoms with Crippen LogP contribution in [-0.4, -0.2) is 36.2 Å². The fourth-order valence-corrected chi connectivity index (χ4v) is 2.07. The molecule has 2 aromatic heterocycles. The maximum absolute atomic E-state index is 10.5. The first-order valence-electron chi connectivity index (χ1n) is 7.82. The van der Waals surface area contributed by atoms with E-state index in [2.05, 4.69) is 20.6 Å². The van der Waals surface area contributed by atoms with Crippen LogP contribution in [0.15, 0.2) is 46.1 Å². The lowest BCUT2D eigenvalue weighted by Gasteiger charge is -2.22. The number of aliphatic imine (C=N–C) groups is 1. The van der Waals surface area contributed by atoms with E-state index in [1.807, 2.05) is 13.0 Å². The monoisotopic (exact) mass is 332 g/mol. The highest BCUT2D eigenvalue weighted by Gasteiger charge is 2.26. The van der Waals surface area contributed by atoms with Crippen molar-refractivity contribution < 1.29 is 14.3 Å². The Bertz CT molecular complexity index is 636. The molecule has 0 saturated carbocycles. The summed E-state index contributed by atoms with van der Waals surface area (Å²) in [5.41, 5.74) is -0.160. The predicted molar refractivity (Wildman–Crippen MR) is 91.9 cm³/mol. The normalized spacial score (nSPS) is 14.1. The number of nitrogens with zero attached hydrogens (tertiary/aromatic N) is 2. The van der Waals surface area contributed by atoms with Gasteiger partial charge >= 0.3 is 0 Å². The number of pyridine rings is 1. The fraction of sp³-hybridized carbons (Fsp3) is 0.412. The summed E-state index contributed by atoms with van der Waals surface area (Å²) in [6.07, 6.45) is 3.27. The van der Waals surface area contributed by atoms with Gasteiger partial charge in [-0.2, -0.15) is 0 Å². The number of guanidine groups is 1. The van der Waals surface area contributed by atoms with Crippen LogP contribution >= 0.6 is 0 Å². The molecule has 24 heavy (non-hydrogen) atoms. The SMILES string of the molecule is CCNC(=NCc1ccc(OC)nc1)NCC(C)(O)c1ccco1. The Balaban J connectivity index is 1.97. The lowest BCUT2D eigenvalue weighted by molar-refractivity contribution is 0.0386. The first kappa shape index (κ1) is 17.8. The smallest absolute Gasteiger partial charge is 0.212 e. The topological polar surface area (TPSA) is 91.9 Å². The van der Waals surface area contributed by atoms with Crippen molar-refractivity contribution in [2.75, 3.05) is 20.2 Å². The van der Waals surface area contributed by atoms with E-state index in [-0.39, 0.29) is 6.54 Å². The van der Waals surface area contributed by atoms with Gasteiger partial charge in [-0.3, -0.25) is 0 Å². The zero-order valence-electron chi connectivity index (χ0n) is 14.2. The van der Waals surface area contributed by atoms with Crippen LogP contribution in [0.2, 0.25) is 0 Å². The second kappa shape index (κ2) is 8.35. The van der Waals surface area contributed by atoms with Crippen LogP contribution in [0, 0.1) is 0 Å². The van der Waals surface area contributed by atoms with Crippen molar-refractivity contribution in [1.29, 1.82) is 0 Å². The number of furan rings is 1. The molecular formula is C17H24N4O3. The van der Waals surface area contributed by atoms with Crippen molar-refractivity contribution in [3.05, 3.63) is 48.0 Å². The third-order valence-electron chi connectivity index (χ3n) is 3.42. The second-order valence-electron chi connectivity index (χ2n) is 5.51. The van der Waals surface area contributed by atoms with Crippen molar-refractivity contribution in [1.82, 2.24) is 15.6 Å². The second-order valence-corrected chi connectivity index (χ2v) is 5.51. The summed E-state index contributed by atoms with van der Waals surface area (Å²) in [6, 6.07) is 7.21. The summed E-state index contributed by atoms with van der Waals surface area (Å²) in [5, 5.41) is 16.7. The van der Waals surface area contributed by atoms with Crippen LogP contribution in [0.25, 0.3) is 0 Å². The van der Waals surface area contributed by atoms with Gasteiger partial charge in [-0.25, -0.2) is 9.98 Å². The summed E-state index contributed by atoms with van der Waals surface area (Å²) >= 11 is 0. The first-order chi connectivity index (χ1) is 11.5. The standard InChI is InChI=1S/C17H24N4O3/c1-4-18-16(20-11-13-7-8-15(23-3)19-10-13)21-12-17(2,22)14-6-5-9-24-14/h5-10,22H,4,11-12H2,1-3H3,(H2,18,20,21). The quantitative estimate of drug-likeness (QED) is 0.527. The molecule has 2 rings (SSSR count). The van der Waals surface area contributed by atoms with Crippen LogP contribution in [0.3, 0.4) is 0 Å². The van der Waals surface area contributed by atoms with Gasteiger partial charge in [0.05, 0.1) is 26.5 Å². The van der Waals surface area contributed by atoms with Gasteiger partial charge in [0, 0.05) is 18.8 Å². The van der Waals surface area contributed by atoms with Crippen molar-refractivity contribution in [3.63, 3.8) is 0 Å². The average Bonchev–Trinajstić information content (AvgIpc) is 3.13. The van der Waals surface area contributed by atoms with Gasteiger partial charge < -0.3 is 24.9 Å². The molecule has 2 aromatic rings. The summed E-state index contributed by atoms with van der Waals surface area (Å²) in [5.74, 6) is 1.69. The molecule has 0 aromatic carbocycles. The van der Waals surface area contributed by atoms with Gasteiger partial charge in [0.25, 0.3) is 0 Å². The van der Waals surface area contributed by atoms with E-state index in [9.17, 15) is 5.11 Å². The number of hydrogen-bond acceptors (Lipinski definition) is 5. The number of rotatable bonds is 7. The maximum Gasteiger partial charge on any atom is 0.212 e. The maximum atomic E-state index is 10.5. The lowest BCUT2D eigenvalue weighted by atomic mass is 10.0. The molecule has 0 fully saturated rings. The third-order valence-corrected chi connectivity index (χ3v) is 3.42. The highest BCUT2D eigenvalue weighted by Crippen LogP contribution is 2.19. The highest BCUT2D eigenvalue weighted by molar-refractivity contribution is 5.79. The van der Waals surface area contributed by atoms with Crippen LogP contribution < -0.4 is 15.4 Å². The Morgan fingerprint density at radius 2 is 2.21 bits per heavy atom. The molecule has 0 saturated heterocycles. The van der Waals surface area contributed by atoms with Gasteiger partial charge in [-0.05, 0) is 31.5 Å². The Morgan fingerprint density at radius 3 is 2.79 bits per heavy atom. The summed E-state index contributed by atoms with van der Waals surface area (Å²) in [4.78, 5) is 8.65. The molecule has 130 valence electrons. The minimum Gasteiger partial charge on any atom is -0.481 e. The zero-order chi connectivity index (χ0) is 17.4. The van der Waals surface area contributed by atoms with E-state index in [1.165, 1.54) is 0 Å². The summed E-state index contributed by atoms with van der Waals surface area (Å²) in [6.45, 7) is 5.13. The Hall–Kier alpha value is -2.54. The van der Waals surface area contributed by atoms with Crippen molar-refractivity contribution >= 4 is 5.96 Å². The average molecular weight is 332 g/mol. The van der Waals surface area contributed by atoms with E-state index in [1.54, 1.807) is 44.7 Å². The van der Waals surface area contributed by atoms with Crippen LogP contribution in [0.5, 0.6) is 5.88 Å². The fourth-order valence-electron chi connectivity index (χ4n) is 2.07. The molecule has 1 atom stereocenters. The molecular weight excluding hydrogens is 308 g/mol. The van der Waals surface area contributed by atoms with E-state index in [4.69, 9.17) is 9.15 Å². The lowest BCUT2D eigenvalue weighted by Crippen LogP contribution is -2.44. The van der Waals surface area contributed by atoms with Gasteiger partial charge in [-0.15, -0.1) is 0 Å². The Kier molecular flexibility index (Phi) is 6.20. The first-order valence-corrected chi connectivity index (χ1v) is 7.82. The third kappa shape index (κ3) is 4.99. The molecule has 7 nitrogen and oxygen atoms in total. The van der Waals surface area contributed by atoms with E-state index in [0.717, 1.165) is 12.1 Å². The van der Waals surface area contributed by atoms with Crippen molar-refractivity contribution in [2.24, 2.45) is 4.99 Å². The van der Waals surface area contributed by atoms with Gasteiger partial charge in [0.2, 0.25) is 5.88 Å². The molecule has 0 amide bonds. The summed E-state index contributed by atoms with van der Waals surface area (Å²) in [7, 11) is 1.58. The van der Waals surface area contributed by atoms with Gasteiger partial charge in [0.15, 0.2) is 5.96 Å². The van der Waals surface area contributed by atoms with Gasteiger partial charge in [-0.1, -0.05) is 6.07 Å². The van der Waals surface area contributed by atoms with Crippen LogP contribution in [-0.2, 0) is 12.1 Å². The van der Waals surface area contributed by atoms with E-state index >= 15 is 0 Å². The molecule has 0 aliphatic carbocycles. The molecule has 0 aliphatic heterocycles. The predicted octanol–water partition coefficient (Wildman–Crippen LogP) is 1.65.